The van der Waals surface area contributed by atoms with Crippen LogP contribution in [0.5, 0.6) is 23.0 Å². The van der Waals surface area contributed by atoms with Gasteiger partial charge in [0.25, 0.3) is 0 Å². The van der Waals surface area contributed by atoms with E-state index in [0.29, 0.717) is 5.56 Å². The van der Waals surface area contributed by atoms with E-state index in [1.807, 2.05) is 0 Å². The molecule has 0 spiro atoms. The Hall–Kier alpha value is -3.22. The van der Waals surface area contributed by atoms with Crippen LogP contribution in [-0.4, -0.2) is 39.3 Å². The molecule has 120 valence electrons. The van der Waals surface area contributed by atoms with E-state index in [-0.39, 0.29) is 5.75 Å². The standard InChI is InChI=1S/C16H14O7/c1-7-3-10(17)14(11(18)4-7)15(20)13-9(16(21)22)5-8(23-2)6-12(13)19/h3-6,17-19H,1-2H3,(H,21,22). The predicted molar refractivity (Wildman–Crippen MR) is 79.6 cm³/mol. The summed E-state index contributed by atoms with van der Waals surface area (Å²) in [4.78, 5) is 23.9. The van der Waals surface area contributed by atoms with Crippen LogP contribution in [-0.2, 0) is 0 Å². The Balaban J connectivity index is 2.72. The Morgan fingerprint density at radius 3 is 1.91 bits per heavy atom. The number of aromatic hydroxyl groups is 3. The second kappa shape index (κ2) is 5.88. The highest BCUT2D eigenvalue weighted by Crippen LogP contribution is 2.36. The number of aryl methyl sites for hydroxylation is 1. The van der Waals surface area contributed by atoms with E-state index in [4.69, 9.17) is 4.74 Å². The first kappa shape index (κ1) is 16.2. The van der Waals surface area contributed by atoms with Crippen molar-refractivity contribution in [3.63, 3.8) is 0 Å². The number of hydrogen-bond donors (Lipinski definition) is 4. The highest BCUT2D eigenvalue weighted by molar-refractivity contribution is 6.18. The lowest BCUT2D eigenvalue weighted by molar-refractivity contribution is 0.0691. The van der Waals surface area contributed by atoms with Gasteiger partial charge >= 0.3 is 5.97 Å². The number of hydrogen-bond acceptors (Lipinski definition) is 6. The first-order valence-electron chi connectivity index (χ1n) is 6.47. The second-order valence-corrected chi connectivity index (χ2v) is 4.88. The number of carbonyl (C=O) groups is 2. The molecule has 4 N–H and O–H groups in total. The Morgan fingerprint density at radius 1 is 0.913 bits per heavy atom. The maximum absolute atomic E-state index is 12.6. The topological polar surface area (TPSA) is 124 Å². The molecule has 0 aliphatic rings. The Labute approximate surface area is 131 Å². The third-order valence-electron chi connectivity index (χ3n) is 3.25. The number of aromatic carboxylic acids is 1. The molecule has 2 aromatic rings. The van der Waals surface area contributed by atoms with E-state index in [1.165, 1.54) is 19.2 Å². The fraction of sp³-hybridized carbons (Fsp3) is 0.125. The van der Waals surface area contributed by atoms with Gasteiger partial charge in [0.05, 0.1) is 18.2 Å². The lowest BCUT2D eigenvalue weighted by Crippen LogP contribution is -2.11. The highest BCUT2D eigenvalue weighted by atomic mass is 16.5. The SMILES string of the molecule is COc1cc(O)c(C(=O)c2c(O)cc(C)cc2O)c(C(=O)O)c1. The molecule has 7 nitrogen and oxygen atoms in total. The summed E-state index contributed by atoms with van der Waals surface area (Å²) >= 11 is 0. The molecule has 0 saturated carbocycles. The normalized spacial score (nSPS) is 10.3. The van der Waals surface area contributed by atoms with Crippen molar-refractivity contribution < 1.29 is 34.8 Å². The summed E-state index contributed by atoms with van der Waals surface area (Å²) in [6.45, 7) is 1.60. The van der Waals surface area contributed by atoms with Crippen LogP contribution >= 0.6 is 0 Å². The summed E-state index contributed by atoms with van der Waals surface area (Å²) in [6.07, 6.45) is 0. The lowest BCUT2D eigenvalue weighted by Gasteiger charge is -2.12. The van der Waals surface area contributed by atoms with Gasteiger partial charge < -0.3 is 25.2 Å². The molecule has 0 amide bonds. The predicted octanol–water partition coefficient (Wildman–Crippen LogP) is 2.05. The molecule has 0 bridgehead atoms. The molecule has 0 aliphatic carbocycles. The van der Waals surface area contributed by atoms with Crippen molar-refractivity contribution in [1.82, 2.24) is 0 Å². The van der Waals surface area contributed by atoms with Crippen LogP contribution in [0.3, 0.4) is 0 Å². The van der Waals surface area contributed by atoms with Crippen molar-refractivity contribution in [1.29, 1.82) is 0 Å². The van der Waals surface area contributed by atoms with Gasteiger partial charge in [-0.2, -0.15) is 0 Å². The third kappa shape index (κ3) is 2.89. The number of carboxylic acids is 1. The number of carboxylic acid groups (broad SMARTS) is 1. The monoisotopic (exact) mass is 318 g/mol. The van der Waals surface area contributed by atoms with Gasteiger partial charge in [-0.1, -0.05) is 0 Å². The first-order chi connectivity index (χ1) is 10.8. The zero-order valence-corrected chi connectivity index (χ0v) is 12.3. The number of rotatable bonds is 4. The van der Waals surface area contributed by atoms with E-state index in [2.05, 4.69) is 0 Å². The average Bonchev–Trinajstić information content (AvgIpc) is 2.44. The van der Waals surface area contributed by atoms with Crippen LogP contribution in [0.25, 0.3) is 0 Å². The summed E-state index contributed by atoms with van der Waals surface area (Å²) in [5, 5.41) is 39.0. The van der Waals surface area contributed by atoms with Crippen molar-refractivity contribution in [2.75, 3.05) is 7.11 Å². The molecule has 23 heavy (non-hydrogen) atoms. The zero-order chi connectivity index (χ0) is 17.3. The molecular formula is C16H14O7. The Bertz CT molecular complexity index is 785. The second-order valence-electron chi connectivity index (χ2n) is 4.88. The number of carbonyl (C=O) groups excluding carboxylic acids is 1. The highest BCUT2D eigenvalue weighted by Gasteiger charge is 2.27. The molecule has 0 heterocycles. The van der Waals surface area contributed by atoms with E-state index in [9.17, 15) is 30.0 Å². The quantitative estimate of drug-likeness (QED) is 0.636. The summed E-state index contributed by atoms with van der Waals surface area (Å²) in [6, 6.07) is 4.63. The minimum absolute atomic E-state index is 0.0498. The van der Waals surface area contributed by atoms with Crippen LogP contribution in [0.2, 0.25) is 0 Å². The molecule has 2 rings (SSSR count). The fourth-order valence-corrected chi connectivity index (χ4v) is 2.23. The van der Waals surface area contributed by atoms with Gasteiger partial charge in [-0.05, 0) is 30.7 Å². The van der Waals surface area contributed by atoms with Crippen molar-refractivity contribution in [2.24, 2.45) is 0 Å². The molecule has 0 radical (unpaired) electrons. The number of ether oxygens (including phenoxy) is 1. The largest absolute Gasteiger partial charge is 0.507 e. The molecule has 0 atom stereocenters. The van der Waals surface area contributed by atoms with Crippen molar-refractivity contribution in [3.05, 3.63) is 46.5 Å². The Morgan fingerprint density at radius 2 is 1.43 bits per heavy atom. The third-order valence-corrected chi connectivity index (χ3v) is 3.25. The van der Waals surface area contributed by atoms with Gasteiger partial charge in [-0.3, -0.25) is 4.79 Å². The maximum Gasteiger partial charge on any atom is 0.336 e. The summed E-state index contributed by atoms with van der Waals surface area (Å²) in [5.41, 5.74) is -1.04. The number of phenolic OH excluding ortho intramolecular Hbond substituents is 3. The Kier molecular flexibility index (Phi) is 4.13. The maximum atomic E-state index is 12.6. The van der Waals surface area contributed by atoms with E-state index in [1.54, 1.807) is 6.92 Å². The van der Waals surface area contributed by atoms with Gasteiger partial charge in [0.15, 0.2) is 0 Å². The zero-order valence-electron chi connectivity index (χ0n) is 12.3. The number of phenols is 3. The number of benzene rings is 2. The molecule has 0 saturated heterocycles. The molecular weight excluding hydrogens is 304 g/mol. The van der Waals surface area contributed by atoms with Crippen LogP contribution in [0, 0.1) is 6.92 Å². The number of methoxy groups -OCH3 is 1. The van der Waals surface area contributed by atoms with Gasteiger partial charge in [0.1, 0.15) is 28.6 Å². The van der Waals surface area contributed by atoms with Crippen LogP contribution < -0.4 is 4.74 Å². The average molecular weight is 318 g/mol. The molecule has 0 aromatic heterocycles. The van der Waals surface area contributed by atoms with Gasteiger partial charge in [-0.15, -0.1) is 0 Å². The molecule has 0 unspecified atom stereocenters. The summed E-state index contributed by atoms with van der Waals surface area (Å²) in [5.74, 6) is -4.09. The summed E-state index contributed by atoms with van der Waals surface area (Å²) < 4.78 is 4.86. The van der Waals surface area contributed by atoms with E-state index >= 15 is 0 Å². The lowest BCUT2D eigenvalue weighted by atomic mass is 9.95. The fourth-order valence-electron chi connectivity index (χ4n) is 2.23. The molecule has 2 aromatic carbocycles. The minimum Gasteiger partial charge on any atom is -0.507 e. The molecule has 0 fully saturated rings. The molecule has 7 heteroatoms. The smallest absolute Gasteiger partial charge is 0.336 e. The molecule has 0 aliphatic heterocycles. The minimum atomic E-state index is -1.46. The van der Waals surface area contributed by atoms with Gasteiger partial charge in [0.2, 0.25) is 5.78 Å². The van der Waals surface area contributed by atoms with Crippen LogP contribution in [0.15, 0.2) is 24.3 Å². The van der Waals surface area contributed by atoms with Crippen LogP contribution in [0.4, 0.5) is 0 Å². The van der Waals surface area contributed by atoms with Crippen LogP contribution in [0.1, 0.15) is 31.8 Å². The van der Waals surface area contributed by atoms with Crippen molar-refractivity contribution in [2.45, 2.75) is 6.92 Å². The van der Waals surface area contributed by atoms with E-state index < -0.39 is 45.7 Å². The van der Waals surface area contributed by atoms with Gasteiger partial charge in [0, 0.05) is 6.07 Å². The van der Waals surface area contributed by atoms with Gasteiger partial charge in [-0.25, -0.2) is 4.79 Å². The first-order valence-corrected chi connectivity index (χ1v) is 6.47. The van der Waals surface area contributed by atoms with E-state index in [0.717, 1.165) is 12.1 Å². The van der Waals surface area contributed by atoms with Crippen molar-refractivity contribution >= 4 is 11.8 Å². The number of ketones is 1. The van der Waals surface area contributed by atoms with Crippen molar-refractivity contribution in [3.8, 4) is 23.0 Å². The summed E-state index contributed by atoms with van der Waals surface area (Å²) in [7, 11) is 1.28.